The largest absolute Gasteiger partial charge is 0.494 e. The number of carbonyl (C=O) groups excluding carboxylic acids is 2. The number of anilines is 2. The highest BCUT2D eigenvalue weighted by Crippen LogP contribution is 2.28. The molecule has 0 atom stereocenters. The van der Waals surface area contributed by atoms with Crippen LogP contribution in [0.2, 0.25) is 0 Å². The second-order valence-corrected chi connectivity index (χ2v) is 7.30. The molecular weight excluding hydrogens is 408 g/mol. The lowest BCUT2D eigenvalue weighted by molar-refractivity contribution is -0.114. The van der Waals surface area contributed by atoms with Crippen LogP contribution in [0.4, 0.5) is 11.6 Å². The number of benzene rings is 1. The first-order valence-electron chi connectivity index (χ1n) is 9.92. The summed E-state index contributed by atoms with van der Waals surface area (Å²) in [6.07, 6.45) is 1.46. The van der Waals surface area contributed by atoms with Crippen molar-refractivity contribution in [2.45, 2.75) is 20.8 Å². The smallest absolute Gasteiger partial charge is 0.257 e. The fourth-order valence-corrected chi connectivity index (χ4v) is 3.42. The van der Waals surface area contributed by atoms with E-state index in [0.717, 1.165) is 10.9 Å². The van der Waals surface area contributed by atoms with Gasteiger partial charge >= 0.3 is 0 Å². The Balaban J connectivity index is 1.71. The highest BCUT2D eigenvalue weighted by atomic mass is 16.5. The summed E-state index contributed by atoms with van der Waals surface area (Å²) in [6, 6.07) is 12.5. The van der Waals surface area contributed by atoms with E-state index in [2.05, 4.69) is 20.7 Å². The van der Waals surface area contributed by atoms with Gasteiger partial charge < -0.3 is 15.4 Å². The molecule has 0 aliphatic rings. The topological polar surface area (TPSA) is 111 Å². The molecule has 0 aliphatic heterocycles. The first-order chi connectivity index (χ1) is 15.4. The third-order valence-electron chi connectivity index (χ3n) is 4.83. The molecule has 0 radical (unpaired) electrons. The van der Waals surface area contributed by atoms with Gasteiger partial charge in [0.05, 0.1) is 12.8 Å². The van der Waals surface area contributed by atoms with E-state index in [4.69, 9.17) is 9.72 Å². The Kier molecular flexibility index (Phi) is 5.55. The van der Waals surface area contributed by atoms with Gasteiger partial charge in [-0.25, -0.2) is 9.97 Å². The van der Waals surface area contributed by atoms with E-state index >= 15 is 0 Å². The average molecular weight is 430 g/mol. The SMILES string of the molecule is COc1cccc2c(C)cc(-n3nc(C)cc3NC(=O)c3ccnc(NC(C)=O)c3)nc12. The minimum atomic E-state index is -0.366. The van der Waals surface area contributed by atoms with Crippen LogP contribution >= 0.6 is 0 Å². The van der Waals surface area contributed by atoms with Gasteiger partial charge in [0.1, 0.15) is 22.9 Å². The van der Waals surface area contributed by atoms with Crippen molar-refractivity contribution >= 4 is 34.4 Å². The third-order valence-corrected chi connectivity index (χ3v) is 4.83. The number of hydrogen-bond donors (Lipinski definition) is 2. The Morgan fingerprint density at radius 1 is 1.06 bits per heavy atom. The van der Waals surface area contributed by atoms with Gasteiger partial charge in [0.15, 0.2) is 5.82 Å². The Bertz CT molecular complexity index is 1350. The van der Waals surface area contributed by atoms with Gasteiger partial charge in [-0.3, -0.25) is 9.59 Å². The minimum Gasteiger partial charge on any atom is -0.494 e. The zero-order valence-corrected chi connectivity index (χ0v) is 18.1. The second-order valence-electron chi connectivity index (χ2n) is 7.30. The number of amides is 2. The predicted molar refractivity (Wildman–Crippen MR) is 121 cm³/mol. The number of aryl methyl sites for hydroxylation is 2. The van der Waals surface area contributed by atoms with Crippen molar-refractivity contribution in [2.24, 2.45) is 0 Å². The van der Waals surface area contributed by atoms with Crippen LogP contribution in [0.3, 0.4) is 0 Å². The average Bonchev–Trinajstić information content (AvgIpc) is 3.13. The maximum Gasteiger partial charge on any atom is 0.257 e. The van der Waals surface area contributed by atoms with Crippen molar-refractivity contribution in [3.63, 3.8) is 0 Å². The molecule has 4 aromatic rings. The molecule has 0 bridgehead atoms. The molecule has 1 aromatic carbocycles. The molecule has 9 heteroatoms. The highest BCUT2D eigenvalue weighted by Gasteiger charge is 2.16. The summed E-state index contributed by atoms with van der Waals surface area (Å²) in [5, 5.41) is 10.9. The number of carbonyl (C=O) groups is 2. The van der Waals surface area contributed by atoms with Gasteiger partial charge in [0.25, 0.3) is 5.91 Å². The minimum absolute atomic E-state index is 0.267. The standard InChI is InChI=1S/C23H22N6O3/c1-13-10-20(26-22-17(13)6-5-7-18(22)32-4)29-21(11-14(2)28-29)27-23(31)16-8-9-24-19(12-16)25-15(3)30/h5-12H,1-4H3,(H,27,31)(H,24,25,30). The first-order valence-corrected chi connectivity index (χ1v) is 9.92. The number of ether oxygens (including phenoxy) is 1. The lowest BCUT2D eigenvalue weighted by Crippen LogP contribution is -2.16. The number of pyridine rings is 2. The summed E-state index contributed by atoms with van der Waals surface area (Å²) in [4.78, 5) is 33.0. The molecule has 3 heterocycles. The number of para-hydroxylation sites is 1. The zero-order chi connectivity index (χ0) is 22.8. The number of nitrogens with zero attached hydrogens (tertiary/aromatic N) is 4. The molecule has 0 aliphatic carbocycles. The molecule has 0 spiro atoms. The van der Waals surface area contributed by atoms with E-state index in [9.17, 15) is 9.59 Å². The quantitative estimate of drug-likeness (QED) is 0.500. The fraction of sp³-hybridized carbons (Fsp3) is 0.174. The Hall–Kier alpha value is -4.27. The van der Waals surface area contributed by atoms with E-state index < -0.39 is 0 Å². The van der Waals surface area contributed by atoms with Crippen LogP contribution in [0.5, 0.6) is 5.75 Å². The zero-order valence-electron chi connectivity index (χ0n) is 18.1. The molecule has 0 unspecified atom stereocenters. The lowest BCUT2D eigenvalue weighted by Gasteiger charge is -2.12. The van der Waals surface area contributed by atoms with Gasteiger partial charge in [-0.05, 0) is 43.7 Å². The third kappa shape index (κ3) is 4.13. The highest BCUT2D eigenvalue weighted by molar-refractivity contribution is 6.04. The van der Waals surface area contributed by atoms with Crippen molar-refractivity contribution in [1.29, 1.82) is 0 Å². The van der Waals surface area contributed by atoms with Crippen LogP contribution in [0.1, 0.15) is 28.5 Å². The number of methoxy groups -OCH3 is 1. The van der Waals surface area contributed by atoms with Crippen molar-refractivity contribution in [1.82, 2.24) is 19.7 Å². The maximum absolute atomic E-state index is 12.9. The predicted octanol–water partition coefficient (Wildman–Crippen LogP) is 3.65. The molecule has 4 rings (SSSR count). The Morgan fingerprint density at radius 3 is 2.62 bits per heavy atom. The van der Waals surface area contributed by atoms with E-state index in [1.807, 2.05) is 38.1 Å². The summed E-state index contributed by atoms with van der Waals surface area (Å²) in [5.41, 5.74) is 2.78. The van der Waals surface area contributed by atoms with Crippen LogP contribution in [-0.4, -0.2) is 38.7 Å². The Morgan fingerprint density at radius 2 is 1.88 bits per heavy atom. The van der Waals surface area contributed by atoms with Gasteiger partial charge in [0, 0.05) is 30.1 Å². The molecule has 2 N–H and O–H groups in total. The lowest BCUT2D eigenvalue weighted by atomic mass is 10.1. The van der Waals surface area contributed by atoms with Crippen LogP contribution in [-0.2, 0) is 4.79 Å². The van der Waals surface area contributed by atoms with E-state index in [1.165, 1.54) is 19.2 Å². The summed E-state index contributed by atoms with van der Waals surface area (Å²) < 4.78 is 7.06. The summed E-state index contributed by atoms with van der Waals surface area (Å²) >= 11 is 0. The van der Waals surface area contributed by atoms with Crippen LogP contribution < -0.4 is 15.4 Å². The molecule has 0 fully saturated rings. The molecule has 0 saturated carbocycles. The van der Waals surface area contributed by atoms with Crippen molar-refractivity contribution < 1.29 is 14.3 Å². The normalized spacial score (nSPS) is 10.8. The van der Waals surface area contributed by atoms with Crippen molar-refractivity contribution in [3.05, 3.63) is 65.5 Å². The molecule has 162 valence electrons. The molecule has 0 saturated heterocycles. The second kappa shape index (κ2) is 8.46. The molecule has 3 aromatic heterocycles. The Labute approximate surface area is 184 Å². The molecule has 9 nitrogen and oxygen atoms in total. The molecular formula is C23H22N6O3. The monoisotopic (exact) mass is 430 g/mol. The van der Waals surface area contributed by atoms with E-state index in [1.54, 1.807) is 23.9 Å². The number of aromatic nitrogens is 4. The van der Waals surface area contributed by atoms with Crippen LogP contribution in [0, 0.1) is 13.8 Å². The van der Waals surface area contributed by atoms with E-state index in [0.29, 0.717) is 40.0 Å². The number of nitrogens with one attached hydrogen (secondary N) is 2. The number of hydrogen-bond acceptors (Lipinski definition) is 6. The van der Waals surface area contributed by atoms with Gasteiger partial charge in [-0.15, -0.1) is 0 Å². The van der Waals surface area contributed by atoms with Gasteiger partial charge in [-0.2, -0.15) is 9.78 Å². The summed E-state index contributed by atoms with van der Waals surface area (Å²) in [5.74, 6) is 1.34. The number of fused-ring (bicyclic) bond motifs is 1. The van der Waals surface area contributed by atoms with Crippen LogP contribution in [0.15, 0.2) is 48.7 Å². The summed E-state index contributed by atoms with van der Waals surface area (Å²) in [6.45, 7) is 5.20. The van der Waals surface area contributed by atoms with E-state index in [-0.39, 0.29) is 11.8 Å². The van der Waals surface area contributed by atoms with Gasteiger partial charge in [-0.1, -0.05) is 12.1 Å². The summed E-state index contributed by atoms with van der Waals surface area (Å²) in [7, 11) is 1.60. The maximum atomic E-state index is 12.9. The number of rotatable bonds is 5. The van der Waals surface area contributed by atoms with Crippen molar-refractivity contribution in [3.8, 4) is 11.6 Å². The first kappa shape index (κ1) is 21.0. The molecule has 2 amide bonds. The molecule has 32 heavy (non-hydrogen) atoms. The fourth-order valence-electron chi connectivity index (χ4n) is 3.42. The van der Waals surface area contributed by atoms with Crippen LogP contribution in [0.25, 0.3) is 16.7 Å². The van der Waals surface area contributed by atoms with Gasteiger partial charge in [0.2, 0.25) is 5.91 Å². The van der Waals surface area contributed by atoms with Crippen molar-refractivity contribution in [2.75, 3.05) is 17.7 Å².